The Labute approximate surface area is 191 Å². The van der Waals surface area contributed by atoms with E-state index in [1.54, 1.807) is 24.3 Å². The number of carbonyl (C=O) groups is 2. The van der Waals surface area contributed by atoms with Crippen molar-refractivity contribution in [3.63, 3.8) is 0 Å². The van der Waals surface area contributed by atoms with Crippen molar-refractivity contribution in [2.45, 2.75) is 18.3 Å². The number of oxime groups is 1. The van der Waals surface area contributed by atoms with Gasteiger partial charge in [0, 0.05) is 5.92 Å². The number of ether oxygens (including phenoxy) is 1. The molecule has 3 aromatic rings. The first kappa shape index (κ1) is 19.7. The molecule has 6 heteroatoms. The molecule has 164 valence electrons. The predicted molar refractivity (Wildman–Crippen MR) is 123 cm³/mol. The van der Waals surface area contributed by atoms with E-state index in [0.29, 0.717) is 18.0 Å². The largest absolute Gasteiger partial charge is 0.494 e. The summed E-state index contributed by atoms with van der Waals surface area (Å²) in [5.41, 5.74) is 3.35. The van der Waals surface area contributed by atoms with E-state index in [9.17, 15) is 14.8 Å². The summed E-state index contributed by atoms with van der Waals surface area (Å²) < 4.78 is 5.51. The Bertz CT molecular complexity index is 1270. The highest BCUT2D eigenvalue weighted by Gasteiger charge is 2.68. The average Bonchev–Trinajstić information content (AvgIpc) is 3.11. The molecule has 0 radical (unpaired) electrons. The molecule has 2 amide bonds. The second-order valence-corrected chi connectivity index (χ2v) is 8.71. The molecule has 4 aliphatic rings. The molecule has 2 atom stereocenters. The van der Waals surface area contributed by atoms with Crippen LogP contribution in [-0.4, -0.2) is 29.8 Å². The maximum atomic E-state index is 14.0. The second kappa shape index (κ2) is 7.04. The van der Waals surface area contributed by atoms with Gasteiger partial charge in [-0.1, -0.05) is 48.5 Å². The van der Waals surface area contributed by atoms with Crippen molar-refractivity contribution in [2.75, 3.05) is 11.5 Å². The number of carbonyl (C=O) groups excluding carboxylic acids is 2. The molecule has 0 aromatic heterocycles. The van der Waals surface area contributed by atoms with E-state index in [1.165, 1.54) is 11.1 Å². The molecule has 1 N–H and O–H groups in total. The summed E-state index contributed by atoms with van der Waals surface area (Å²) in [7, 11) is 0. The minimum atomic E-state index is -1.02. The lowest BCUT2D eigenvalue weighted by Crippen LogP contribution is -2.54. The van der Waals surface area contributed by atoms with Crippen molar-refractivity contribution in [3.05, 3.63) is 95.1 Å². The van der Waals surface area contributed by atoms with E-state index in [-0.39, 0.29) is 17.7 Å². The van der Waals surface area contributed by atoms with Crippen molar-refractivity contribution in [2.24, 2.45) is 17.0 Å². The number of hydrogen-bond acceptors (Lipinski definition) is 5. The summed E-state index contributed by atoms with van der Waals surface area (Å²) in [6.45, 7) is 2.44. The number of amides is 2. The summed E-state index contributed by atoms with van der Waals surface area (Å²) >= 11 is 0. The second-order valence-electron chi connectivity index (χ2n) is 8.71. The maximum Gasteiger partial charge on any atom is 0.239 e. The average molecular weight is 438 g/mol. The minimum absolute atomic E-state index is 0.223. The van der Waals surface area contributed by atoms with E-state index in [4.69, 9.17) is 4.74 Å². The van der Waals surface area contributed by atoms with E-state index in [0.717, 1.165) is 22.3 Å². The van der Waals surface area contributed by atoms with E-state index < -0.39 is 17.3 Å². The molecule has 1 saturated heterocycles. The van der Waals surface area contributed by atoms with Crippen LogP contribution in [0.4, 0.5) is 5.69 Å². The molecule has 3 aromatic carbocycles. The molecule has 3 aliphatic carbocycles. The van der Waals surface area contributed by atoms with Crippen LogP contribution in [0.5, 0.6) is 5.75 Å². The van der Waals surface area contributed by atoms with Crippen molar-refractivity contribution in [3.8, 4) is 5.75 Å². The van der Waals surface area contributed by atoms with Gasteiger partial charge in [-0.05, 0) is 53.4 Å². The van der Waals surface area contributed by atoms with Gasteiger partial charge in [-0.3, -0.25) is 9.59 Å². The smallest absolute Gasteiger partial charge is 0.239 e. The molecule has 2 bridgehead atoms. The summed E-state index contributed by atoms with van der Waals surface area (Å²) in [6.07, 6.45) is 1.45. The van der Waals surface area contributed by atoms with Crippen LogP contribution in [0.25, 0.3) is 0 Å². The highest BCUT2D eigenvalue weighted by molar-refractivity contribution is 6.25. The number of imide groups is 1. The fourth-order valence-electron chi connectivity index (χ4n) is 6.25. The van der Waals surface area contributed by atoms with Crippen LogP contribution in [0, 0.1) is 11.8 Å². The quantitative estimate of drug-likeness (QED) is 0.288. The maximum absolute atomic E-state index is 14.0. The highest BCUT2D eigenvalue weighted by Crippen LogP contribution is 2.63. The lowest BCUT2D eigenvalue weighted by Gasteiger charge is -2.52. The number of benzene rings is 3. The summed E-state index contributed by atoms with van der Waals surface area (Å²) in [6, 6.07) is 22.8. The van der Waals surface area contributed by atoms with Gasteiger partial charge >= 0.3 is 0 Å². The normalized spacial score (nSPS) is 26.9. The molecule has 1 aliphatic heterocycles. The van der Waals surface area contributed by atoms with Crippen LogP contribution in [0.2, 0.25) is 0 Å². The molecule has 7 rings (SSSR count). The molecule has 0 spiro atoms. The van der Waals surface area contributed by atoms with Gasteiger partial charge in [-0.15, -0.1) is 5.16 Å². The lowest BCUT2D eigenvalue weighted by atomic mass is 9.47. The third-order valence-electron chi connectivity index (χ3n) is 7.35. The van der Waals surface area contributed by atoms with Gasteiger partial charge in [0.25, 0.3) is 0 Å². The fraction of sp³-hybridized carbons (Fsp3) is 0.222. The zero-order valence-corrected chi connectivity index (χ0v) is 18.0. The highest BCUT2D eigenvalue weighted by atomic mass is 16.5. The van der Waals surface area contributed by atoms with Crippen LogP contribution < -0.4 is 9.64 Å². The topological polar surface area (TPSA) is 79.2 Å². The Morgan fingerprint density at radius 2 is 1.55 bits per heavy atom. The Hall–Kier alpha value is -3.93. The Morgan fingerprint density at radius 3 is 2.12 bits per heavy atom. The van der Waals surface area contributed by atoms with Gasteiger partial charge in [0.05, 0.1) is 35.8 Å². The third-order valence-corrected chi connectivity index (χ3v) is 7.35. The van der Waals surface area contributed by atoms with Gasteiger partial charge in [-0.25, -0.2) is 4.90 Å². The Morgan fingerprint density at radius 1 is 0.939 bits per heavy atom. The van der Waals surface area contributed by atoms with E-state index in [2.05, 4.69) is 5.16 Å². The first-order valence-electron chi connectivity index (χ1n) is 11.1. The standard InChI is InChI=1S/C27H22N2O4/c1-2-33-17-13-11-16(12-14-17)29-25(30)23-22-18-7-3-5-9-20(18)27(15-28-32,24(23)26(29)31)21-10-6-4-8-19(21)22/h3-15,22-24,32H,2H2,1H3/b28-15+. The Balaban J connectivity index is 1.58. The van der Waals surface area contributed by atoms with E-state index >= 15 is 0 Å². The molecular weight excluding hydrogens is 416 g/mol. The molecule has 0 saturated carbocycles. The zero-order chi connectivity index (χ0) is 22.7. The third kappa shape index (κ3) is 2.40. The van der Waals surface area contributed by atoms with Crippen molar-refractivity contribution in [1.82, 2.24) is 0 Å². The van der Waals surface area contributed by atoms with Crippen molar-refractivity contribution in [1.29, 1.82) is 0 Å². The molecular formula is C27H22N2O4. The summed E-state index contributed by atoms with van der Waals surface area (Å²) in [5, 5.41) is 13.2. The van der Waals surface area contributed by atoms with Crippen molar-refractivity contribution >= 4 is 23.7 Å². The van der Waals surface area contributed by atoms with Crippen LogP contribution in [0.15, 0.2) is 78.0 Å². The van der Waals surface area contributed by atoms with Crippen LogP contribution >= 0.6 is 0 Å². The Kier molecular flexibility index (Phi) is 4.21. The molecule has 6 nitrogen and oxygen atoms in total. The molecule has 33 heavy (non-hydrogen) atoms. The van der Waals surface area contributed by atoms with Gasteiger partial charge in [0.2, 0.25) is 11.8 Å². The first-order chi connectivity index (χ1) is 16.1. The number of nitrogens with zero attached hydrogens (tertiary/aromatic N) is 2. The zero-order valence-electron chi connectivity index (χ0n) is 18.0. The lowest BCUT2D eigenvalue weighted by molar-refractivity contribution is -0.122. The molecule has 1 heterocycles. The van der Waals surface area contributed by atoms with Gasteiger partial charge in [-0.2, -0.15) is 0 Å². The minimum Gasteiger partial charge on any atom is -0.494 e. The van der Waals surface area contributed by atoms with Crippen LogP contribution in [0.1, 0.15) is 35.1 Å². The molecule has 2 unspecified atom stereocenters. The number of hydrogen-bond donors (Lipinski definition) is 1. The van der Waals surface area contributed by atoms with Gasteiger partial charge in [0.15, 0.2) is 0 Å². The molecule has 1 fully saturated rings. The van der Waals surface area contributed by atoms with Crippen LogP contribution in [0.3, 0.4) is 0 Å². The SMILES string of the molecule is CCOc1ccc(N2C(=O)C3C4c5ccccc5C(/C=N/O)(c5ccccc54)C3C2=O)cc1. The first-order valence-corrected chi connectivity index (χ1v) is 11.1. The van der Waals surface area contributed by atoms with Gasteiger partial charge < -0.3 is 9.94 Å². The number of anilines is 1. The van der Waals surface area contributed by atoms with E-state index in [1.807, 2.05) is 55.5 Å². The summed E-state index contributed by atoms with van der Waals surface area (Å²) in [4.78, 5) is 29.2. The van der Waals surface area contributed by atoms with Crippen molar-refractivity contribution < 1.29 is 19.5 Å². The van der Waals surface area contributed by atoms with Gasteiger partial charge in [0.1, 0.15) is 5.75 Å². The monoisotopic (exact) mass is 438 g/mol. The summed E-state index contributed by atoms with van der Waals surface area (Å²) in [5.74, 6) is -1.32. The van der Waals surface area contributed by atoms with Crippen LogP contribution in [-0.2, 0) is 15.0 Å². The fourth-order valence-corrected chi connectivity index (χ4v) is 6.25. The predicted octanol–water partition coefficient (Wildman–Crippen LogP) is 4.10. The number of rotatable bonds is 4.